The summed E-state index contributed by atoms with van der Waals surface area (Å²) in [7, 11) is 1.69. The molecule has 0 aliphatic rings. The molecular weight excluding hydrogens is 358 g/mol. The van der Waals surface area contributed by atoms with Crippen LogP contribution in [0.4, 0.5) is 0 Å². The van der Waals surface area contributed by atoms with E-state index in [0.29, 0.717) is 22.9 Å². The monoisotopic (exact) mass is 385 g/mol. The van der Waals surface area contributed by atoms with E-state index >= 15 is 0 Å². The number of hydrogen-bond donors (Lipinski definition) is 4. The molecule has 0 saturated heterocycles. The highest BCUT2D eigenvalue weighted by Crippen LogP contribution is 2.27. The number of benzene rings is 2. The van der Waals surface area contributed by atoms with Gasteiger partial charge in [0, 0.05) is 18.8 Å². The highest BCUT2D eigenvalue weighted by atomic mass is 16.5. The molecule has 2 aromatic carbocycles. The molecule has 1 unspecified atom stereocenters. The summed E-state index contributed by atoms with van der Waals surface area (Å²) >= 11 is 0. The van der Waals surface area contributed by atoms with Crippen molar-refractivity contribution in [3.63, 3.8) is 0 Å². The highest BCUT2D eigenvalue weighted by molar-refractivity contribution is 6.02. The van der Waals surface area contributed by atoms with Gasteiger partial charge in [-0.15, -0.1) is 0 Å². The molecule has 2 aromatic rings. The van der Waals surface area contributed by atoms with Gasteiger partial charge in [-0.1, -0.05) is 12.1 Å². The summed E-state index contributed by atoms with van der Waals surface area (Å²) in [6.07, 6.45) is 0.838. The molecule has 1 atom stereocenters. The van der Waals surface area contributed by atoms with E-state index in [2.05, 4.69) is 9.98 Å². The lowest BCUT2D eigenvalue weighted by Crippen LogP contribution is -2.48. The molecule has 0 aromatic heterocycles. The number of aliphatic hydroxyl groups is 3. The fourth-order valence-electron chi connectivity index (χ4n) is 2.63. The van der Waals surface area contributed by atoms with Crippen LogP contribution >= 0.6 is 0 Å². The van der Waals surface area contributed by atoms with Crippen molar-refractivity contribution < 1.29 is 20.1 Å². The van der Waals surface area contributed by atoms with E-state index in [1.54, 1.807) is 37.5 Å². The van der Waals surface area contributed by atoms with E-state index in [0.717, 1.165) is 5.56 Å². The Kier molecular flexibility index (Phi) is 7.83. The third kappa shape index (κ3) is 5.71. The molecule has 7 nitrogen and oxygen atoms in total. The Morgan fingerprint density at radius 2 is 1.61 bits per heavy atom. The predicted octanol–water partition coefficient (Wildman–Crippen LogP) is 2.05. The van der Waals surface area contributed by atoms with E-state index in [1.807, 2.05) is 31.2 Å². The minimum Gasteiger partial charge on any atom is -0.457 e. The van der Waals surface area contributed by atoms with Crippen molar-refractivity contribution in [1.29, 1.82) is 0 Å². The van der Waals surface area contributed by atoms with Crippen LogP contribution in [0.1, 0.15) is 30.6 Å². The topological polar surface area (TPSA) is 121 Å². The van der Waals surface area contributed by atoms with Gasteiger partial charge in [0.15, 0.2) is 5.84 Å². The van der Waals surface area contributed by atoms with Crippen molar-refractivity contribution in [1.82, 2.24) is 0 Å². The molecule has 0 aliphatic heterocycles. The molecule has 0 fully saturated rings. The largest absolute Gasteiger partial charge is 0.457 e. The molecule has 150 valence electrons. The van der Waals surface area contributed by atoms with E-state index < -0.39 is 24.9 Å². The number of nitrogens with zero attached hydrogens (tertiary/aromatic N) is 2. The van der Waals surface area contributed by atoms with Crippen LogP contribution in [-0.4, -0.2) is 53.2 Å². The SMILES string of the molecule is CC=NC(=NC)c1ccc(Oc2ccc(C(O)CC(N)(CO)CO)cc2)cc1. The molecule has 0 saturated carbocycles. The lowest BCUT2D eigenvalue weighted by molar-refractivity contribution is 0.0618. The fraction of sp³-hybridized carbons (Fsp3) is 0.333. The zero-order valence-electron chi connectivity index (χ0n) is 16.1. The average molecular weight is 385 g/mol. The van der Waals surface area contributed by atoms with Crippen molar-refractivity contribution in [3.8, 4) is 11.5 Å². The summed E-state index contributed by atoms with van der Waals surface area (Å²) in [5, 5.41) is 28.8. The first kappa shape index (κ1) is 21.7. The number of rotatable bonds is 8. The van der Waals surface area contributed by atoms with Gasteiger partial charge in [0.2, 0.25) is 0 Å². The Bertz CT molecular complexity index is 797. The van der Waals surface area contributed by atoms with Crippen molar-refractivity contribution in [3.05, 3.63) is 59.7 Å². The first-order valence-corrected chi connectivity index (χ1v) is 8.97. The van der Waals surface area contributed by atoms with Crippen LogP contribution in [-0.2, 0) is 0 Å². The Labute approximate surface area is 164 Å². The van der Waals surface area contributed by atoms with E-state index in [4.69, 9.17) is 10.5 Å². The second-order valence-electron chi connectivity index (χ2n) is 6.53. The van der Waals surface area contributed by atoms with E-state index in [1.165, 1.54) is 0 Å². The van der Waals surface area contributed by atoms with Gasteiger partial charge in [-0.25, -0.2) is 4.99 Å². The standard InChI is InChI=1S/C21H27N3O4/c1-3-24-20(23-2)16-6-10-18(11-7-16)28-17-8-4-15(5-9-17)19(27)12-21(22,13-25)14-26/h3-11,19,25-27H,12-14,22H2,1-2H3. The van der Waals surface area contributed by atoms with Crippen LogP contribution in [0.5, 0.6) is 11.5 Å². The summed E-state index contributed by atoms with van der Waals surface area (Å²) in [6, 6.07) is 14.4. The smallest absolute Gasteiger partial charge is 0.153 e. The first-order chi connectivity index (χ1) is 13.4. The van der Waals surface area contributed by atoms with Gasteiger partial charge < -0.3 is 25.8 Å². The van der Waals surface area contributed by atoms with Crippen molar-refractivity contribution in [2.45, 2.75) is 25.0 Å². The third-order valence-electron chi connectivity index (χ3n) is 4.31. The number of nitrogens with two attached hydrogens (primary N) is 1. The first-order valence-electron chi connectivity index (χ1n) is 8.97. The van der Waals surface area contributed by atoms with E-state index in [-0.39, 0.29) is 6.42 Å². The van der Waals surface area contributed by atoms with Gasteiger partial charge in [-0.3, -0.25) is 4.99 Å². The van der Waals surface area contributed by atoms with E-state index in [9.17, 15) is 15.3 Å². The molecule has 0 heterocycles. The maximum absolute atomic E-state index is 10.3. The maximum Gasteiger partial charge on any atom is 0.153 e. The minimum atomic E-state index is -1.22. The van der Waals surface area contributed by atoms with Gasteiger partial charge in [-0.2, -0.15) is 0 Å². The number of amidine groups is 1. The normalized spacial score (nSPS) is 13.7. The van der Waals surface area contributed by atoms with Gasteiger partial charge in [0.25, 0.3) is 0 Å². The molecule has 0 spiro atoms. The minimum absolute atomic E-state index is 0.0449. The third-order valence-corrected chi connectivity index (χ3v) is 4.31. The number of ether oxygens (including phenoxy) is 1. The average Bonchev–Trinajstić information content (AvgIpc) is 2.73. The second kappa shape index (κ2) is 10.1. The van der Waals surface area contributed by atoms with Crippen LogP contribution in [0.2, 0.25) is 0 Å². The molecule has 0 aliphatic carbocycles. The summed E-state index contributed by atoms with van der Waals surface area (Å²) in [6.45, 7) is 1.02. The lowest BCUT2D eigenvalue weighted by atomic mass is 9.92. The Morgan fingerprint density at radius 1 is 1.07 bits per heavy atom. The zero-order valence-corrected chi connectivity index (χ0v) is 16.1. The molecule has 0 amide bonds. The molecule has 2 rings (SSSR count). The molecule has 0 bridgehead atoms. The maximum atomic E-state index is 10.3. The predicted molar refractivity (Wildman–Crippen MR) is 110 cm³/mol. The molecule has 28 heavy (non-hydrogen) atoms. The number of hydrogen-bond acceptors (Lipinski definition) is 6. The van der Waals surface area contributed by atoms with Gasteiger partial charge >= 0.3 is 0 Å². The second-order valence-corrected chi connectivity index (χ2v) is 6.53. The number of aliphatic hydroxyl groups excluding tert-OH is 3. The Balaban J connectivity index is 2.04. The van der Waals surface area contributed by atoms with Gasteiger partial charge in [0.1, 0.15) is 11.5 Å². The van der Waals surface area contributed by atoms with Crippen molar-refractivity contribution in [2.75, 3.05) is 20.3 Å². The molecule has 0 radical (unpaired) electrons. The summed E-state index contributed by atoms with van der Waals surface area (Å²) in [5.41, 5.74) is 6.12. The Hall–Kier alpha value is -2.58. The summed E-state index contributed by atoms with van der Waals surface area (Å²) < 4.78 is 5.82. The lowest BCUT2D eigenvalue weighted by Gasteiger charge is -2.27. The molecular formula is C21H27N3O4. The number of aliphatic imine (C=N–C) groups is 2. The van der Waals surface area contributed by atoms with Gasteiger partial charge in [0.05, 0.1) is 24.9 Å². The summed E-state index contributed by atoms with van der Waals surface area (Å²) in [5.74, 6) is 1.92. The molecule has 5 N–H and O–H groups in total. The Morgan fingerprint density at radius 3 is 2.07 bits per heavy atom. The van der Waals surface area contributed by atoms with Crippen LogP contribution in [0.3, 0.4) is 0 Å². The van der Waals surface area contributed by atoms with Crippen molar-refractivity contribution in [2.24, 2.45) is 15.7 Å². The van der Waals surface area contributed by atoms with Crippen molar-refractivity contribution >= 4 is 12.1 Å². The van der Waals surface area contributed by atoms with Crippen LogP contribution in [0.15, 0.2) is 58.5 Å². The zero-order chi connectivity index (χ0) is 20.6. The van der Waals surface area contributed by atoms with Gasteiger partial charge in [-0.05, 0) is 55.3 Å². The fourth-order valence-corrected chi connectivity index (χ4v) is 2.63. The van der Waals surface area contributed by atoms with Crippen LogP contribution < -0.4 is 10.5 Å². The van der Waals surface area contributed by atoms with Crippen LogP contribution in [0.25, 0.3) is 0 Å². The molecule has 7 heteroatoms. The van der Waals surface area contributed by atoms with Crippen LogP contribution in [0, 0.1) is 0 Å². The summed E-state index contributed by atoms with van der Waals surface area (Å²) in [4.78, 5) is 8.35. The highest BCUT2D eigenvalue weighted by Gasteiger charge is 2.27. The quantitative estimate of drug-likeness (QED) is 0.409.